The summed E-state index contributed by atoms with van der Waals surface area (Å²) in [6, 6.07) is 3.03. The molecule has 0 spiro atoms. The van der Waals surface area contributed by atoms with E-state index in [0.717, 1.165) is 0 Å². The number of hydrogen-bond donors (Lipinski definition) is 0. The van der Waals surface area contributed by atoms with Crippen LogP contribution in [0.1, 0.15) is 12.5 Å². The Bertz CT molecular complexity index is 286. The van der Waals surface area contributed by atoms with Crippen LogP contribution in [0.2, 0.25) is 0 Å². The zero-order valence-corrected chi connectivity index (χ0v) is 8.61. The molecule has 66 valence electrons. The lowest BCUT2D eigenvalue weighted by atomic mass is 10.2. The lowest BCUT2D eigenvalue weighted by Gasteiger charge is -2.07. The normalized spacial score (nSPS) is 10.0. The van der Waals surface area contributed by atoms with E-state index in [-0.39, 0.29) is 5.82 Å². The lowest BCUT2D eigenvalue weighted by molar-refractivity contribution is 0.337. The quantitative estimate of drug-likeness (QED) is 0.761. The van der Waals surface area contributed by atoms with Crippen molar-refractivity contribution in [2.75, 3.05) is 6.61 Å². The second-order valence-electron chi connectivity index (χ2n) is 2.42. The largest absolute Gasteiger partial charge is 0.493 e. The van der Waals surface area contributed by atoms with Gasteiger partial charge in [0.1, 0.15) is 11.6 Å². The first kappa shape index (κ1) is 9.52. The molecule has 0 aliphatic carbocycles. The third kappa shape index (κ3) is 1.78. The zero-order valence-electron chi connectivity index (χ0n) is 7.03. The number of rotatable bonds is 2. The minimum Gasteiger partial charge on any atom is -0.493 e. The Labute approximate surface area is 79.7 Å². The summed E-state index contributed by atoms with van der Waals surface area (Å²) in [4.78, 5) is 0. The van der Waals surface area contributed by atoms with Gasteiger partial charge in [-0.1, -0.05) is 0 Å². The fourth-order valence-electron chi connectivity index (χ4n) is 0.904. The highest BCUT2D eigenvalue weighted by Gasteiger charge is 2.07. The molecular formula is C9H10BrFO. The minimum absolute atomic E-state index is 0.217. The average molecular weight is 233 g/mol. The lowest BCUT2D eigenvalue weighted by Crippen LogP contribution is -1.94. The van der Waals surface area contributed by atoms with Gasteiger partial charge in [-0.2, -0.15) is 0 Å². The molecule has 0 bridgehead atoms. The molecule has 0 aromatic heterocycles. The van der Waals surface area contributed by atoms with Crippen molar-refractivity contribution in [3.8, 4) is 5.75 Å². The fourth-order valence-corrected chi connectivity index (χ4v) is 1.34. The van der Waals surface area contributed by atoms with Gasteiger partial charge < -0.3 is 4.74 Å². The summed E-state index contributed by atoms with van der Waals surface area (Å²) in [5, 5.41) is 0. The predicted octanol–water partition coefficient (Wildman–Crippen LogP) is 3.30. The topological polar surface area (TPSA) is 9.23 Å². The van der Waals surface area contributed by atoms with E-state index in [9.17, 15) is 4.39 Å². The molecule has 0 N–H and O–H groups in total. The van der Waals surface area contributed by atoms with Crippen molar-refractivity contribution < 1.29 is 9.13 Å². The Morgan fingerprint density at radius 2 is 2.17 bits per heavy atom. The van der Waals surface area contributed by atoms with Crippen LogP contribution in [0.15, 0.2) is 16.6 Å². The standard InChI is InChI=1S/C9H10BrFO/c1-3-12-8-5-4-7(11)6(2)9(8)10/h4-5H,3H2,1-2H3. The second-order valence-corrected chi connectivity index (χ2v) is 3.21. The number of hydrogen-bond acceptors (Lipinski definition) is 1. The van der Waals surface area contributed by atoms with Crippen molar-refractivity contribution in [3.05, 3.63) is 28.0 Å². The maximum atomic E-state index is 12.9. The average Bonchev–Trinajstić information content (AvgIpc) is 2.07. The Hall–Kier alpha value is -0.570. The van der Waals surface area contributed by atoms with Gasteiger partial charge in [0.15, 0.2) is 0 Å². The predicted molar refractivity (Wildman–Crippen MR) is 50.0 cm³/mol. The zero-order chi connectivity index (χ0) is 9.14. The van der Waals surface area contributed by atoms with Gasteiger partial charge >= 0.3 is 0 Å². The van der Waals surface area contributed by atoms with Gasteiger partial charge in [-0.25, -0.2) is 4.39 Å². The first-order chi connectivity index (χ1) is 5.66. The molecule has 1 rings (SSSR count). The van der Waals surface area contributed by atoms with Gasteiger partial charge in [-0.15, -0.1) is 0 Å². The van der Waals surface area contributed by atoms with Crippen LogP contribution in [0.4, 0.5) is 4.39 Å². The number of halogens is 2. The molecule has 0 radical (unpaired) electrons. The van der Waals surface area contributed by atoms with Gasteiger partial charge in [0.25, 0.3) is 0 Å². The molecule has 1 nitrogen and oxygen atoms in total. The van der Waals surface area contributed by atoms with Crippen LogP contribution in [0, 0.1) is 12.7 Å². The first-order valence-electron chi connectivity index (χ1n) is 3.74. The Kier molecular flexibility index (Phi) is 3.09. The van der Waals surface area contributed by atoms with E-state index in [0.29, 0.717) is 22.4 Å². The minimum atomic E-state index is -0.217. The van der Waals surface area contributed by atoms with E-state index in [1.807, 2.05) is 6.92 Å². The SMILES string of the molecule is CCOc1ccc(F)c(C)c1Br. The summed E-state index contributed by atoms with van der Waals surface area (Å²) in [6.07, 6.45) is 0. The van der Waals surface area contributed by atoms with E-state index in [2.05, 4.69) is 15.9 Å². The molecule has 0 unspecified atom stereocenters. The summed E-state index contributed by atoms with van der Waals surface area (Å²) < 4.78 is 18.9. The van der Waals surface area contributed by atoms with Crippen molar-refractivity contribution in [2.45, 2.75) is 13.8 Å². The van der Waals surface area contributed by atoms with Crippen molar-refractivity contribution in [3.63, 3.8) is 0 Å². The van der Waals surface area contributed by atoms with E-state index >= 15 is 0 Å². The van der Waals surface area contributed by atoms with E-state index in [1.165, 1.54) is 6.07 Å². The fraction of sp³-hybridized carbons (Fsp3) is 0.333. The van der Waals surface area contributed by atoms with Gasteiger partial charge in [0.2, 0.25) is 0 Å². The molecule has 0 fully saturated rings. The van der Waals surface area contributed by atoms with Gasteiger partial charge in [-0.3, -0.25) is 0 Å². The molecule has 0 saturated heterocycles. The highest BCUT2D eigenvalue weighted by molar-refractivity contribution is 9.10. The van der Waals surface area contributed by atoms with Crippen molar-refractivity contribution in [2.24, 2.45) is 0 Å². The summed E-state index contributed by atoms with van der Waals surface area (Å²) in [7, 11) is 0. The molecule has 0 amide bonds. The Balaban J connectivity index is 3.08. The van der Waals surface area contributed by atoms with Crippen molar-refractivity contribution in [1.29, 1.82) is 0 Å². The molecular weight excluding hydrogens is 223 g/mol. The van der Waals surface area contributed by atoms with Crippen LogP contribution in [0.5, 0.6) is 5.75 Å². The Morgan fingerprint density at radius 3 is 2.75 bits per heavy atom. The third-order valence-electron chi connectivity index (χ3n) is 1.58. The number of ether oxygens (including phenoxy) is 1. The second kappa shape index (κ2) is 3.90. The maximum Gasteiger partial charge on any atom is 0.133 e. The van der Waals surface area contributed by atoms with Gasteiger partial charge in [-0.05, 0) is 41.9 Å². The molecule has 1 aromatic rings. The van der Waals surface area contributed by atoms with Gasteiger partial charge in [0, 0.05) is 5.56 Å². The summed E-state index contributed by atoms with van der Waals surface area (Å²) in [5.41, 5.74) is 0.584. The molecule has 0 atom stereocenters. The van der Waals surface area contributed by atoms with Crippen LogP contribution >= 0.6 is 15.9 Å². The van der Waals surface area contributed by atoms with E-state index in [1.54, 1.807) is 13.0 Å². The van der Waals surface area contributed by atoms with Crippen molar-refractivity contribution in [1.82, 2.24) is 0 Å². The van der Waals surface area contributed by atoms with Crippen LogP contribution in [0.25, 0.3) is 0 Å². The van der Waals surface area contributed by atoms with Crippen LogP contribution in [-0.4, -0.2) is 6.61 Å². The van der Waals surface area contributed by atoms with Gasteiger partial charge in [0.05, 0.1) is 11.1 Å². The van der Waals surface area contributed by atoms with Crippen molar-refractivity contribution >= 4 is 15.9 Å². The van der Waals surface area contributed by atoms with Crippen LogP contribution in [0.3, 0.4) is 0 Å². The summed E-state index contributed by atoms with van der Waals surface area (Å²) in [5.74, 6) is 0.474. The molecule has 0 saturated carbocycles. The van der Waals surface area contributed by atoms with Crippen LogP contribution < -0.4 is 4.74 Å². The summed E-state index contributed by atoms with van der Waals surface area (Å²) >= 11 is 3.27. The third-order valence-corrected chi connectivity index (χ3v) is 2.57. The molecule has 12 heavy (non-hydrogen) atoms. The molecule has 0 aliphatic rings. The molecule has 3 heteroatoms. The first-order valence-corrected chi connectivity index (χ1v) is 4.53. The molecule has 0 aliphatic heterocycles. The smallest absolute Gasteiger partial charge is 0.133 e. The van der Waals surface area contributed by atoms with Crippen LogP contribution in [-0.2, 0) is 0 Å². The molecule has 0 heterocycles. The number of benzene rings is 1. The highest BCUT2D eigenvalue weighted by Crippen LogP contribution is 2.29. The van der Waals surface area contributed by atoms with E-state index < -0.39 is 0 Å². The van der Waals surface area contributed by atoms with E-state index in [4.69, 9.17) is 4.74 Å². The summed E-state index contributed by atoms with van der Waals surface area (Å²) in [6.45, 7) is 4.19. The monoisotopic (exact) mass is 232 g/mol. The molecule has 1 aromatic carbocycles. The maximum absolute atomic E-state index is 12.9. The highest BCUT2D eigenvalue weighted by atomic mass is 79.9. The Morgan fingerprint density at radius 1 is 1.50 bits per heavy atom.